The average Bonchev–Trinajstić information content (AvgIpc) is 2.38. The van der Waals surface area contributed by atoms with Crippen molar-refractivity contribution in [1.82, 2.24) is 5.43 Å². The highest BCUT2D eigenvalue weighted by atomic mass is 19.1. The molecule has 0 saturated carbocycles. The number of hydrazine groups is 1. The lowest BCUT2D eigenvalue weighted by Crippen LogP contribution is -2.42. The third kappa shape index (κ3) is 4.55. The summed E-state index contributed by atoms with van der Waals surface area (Å²) in [5.74, 6) is 4.95. The number of nitrogens with two attached hydrogens (primary N) is 1. The van der Waals surface area contributed by atoms with E-state index in [-0.39, 0.29) is 11.6 Å². The van der Waals surface area contributed by atoms with Gasteiger partial charge >= 0.3 is 0 Å². The van der Waals surface area contributed by atoms with Gasteiger partial charge in [0.1, 0.15) is 11.6 Å². The molecule has 0 bridgehead atoms. The van der Waals surface area contributed by atoms with Crippen LogP contribution in [0.2, 0.25) is 0 Å². The lowest BCUT2D eigenvalue weighted by atomic mass is 9.87. The fourth-order valence-electron chi connectivity index (χ4n) is 2.60. The van der Waals surface area contributed by atoms with E-state index in [4.69, 9.17) is 5.84 Å². The van der Waals surface area contributed by atoms with Crippen LogP contribution in [0, 0.1) is 17.6 Å². The van der Waals surface area contributed by atoms with Crippen molar-refractivity contribution in [2.75, 3.05) is 0 Å². The van der Waals surface area contributed by atoms with Crippen LogP contribution in [-0.2, 0) is 6.42 Å². The highest BCUT2D eigenvalue weighted by Gasteiger charge is 2.22. The molecule has 0 saturated heterocycles. The van der Waals surface area contributed by atoms with Crippen molar-refractivity contribution >= 4 is 0 Å². The summed E-state index contributed by atoms with van der Waals surface area (Å²) in [5, 5.41) is 0. The van der Waals surface area contributed by atoms with Gasteiger partial charge in [0.25, 0.3) is 0 Å². The van der Waals surface area contributed by atoms with Crippen molar-refractivity contribution < 1.29 is 8.78 Å². The summed E-state index contributed by atoms with van der Waals surface area (Å²) in [6.07, 6.45) is 4.41. The van der Waals surface area contributed by atoms with Crippen LogP contribution in [0.15, 0.2) is 18.2 Å². The second-order valence-corrected chi connectivity index (χ2v) is 5.01. The van der Waals surface area contributed by atoms with Crippen molar-refractivity contribution in [3.05, 3.63) is 35.4 Å². The molecule has 0 aliphatic carbocycles. The molecule has 0 aromatic heterocycles. The Morgan fingerprint density at radius 3 is 2.05 bits per heavy atom. The highest BCUT2D eigenvalue weighted by Crippen LogP contribution is 2.23. The van der Waals surface area contributed by atoms with Crippen LogP contribution in [0.25, 0.3) is 0 Å². The maximum Gasteiger partial charge on any atom is 0.129 e. The normalized spacial score (nSPS) is 12.9. The monoisotopic (exact) mass is 270 g/mol. The molecule has 2 nitrogen and oxygen atoms in total. The smallest absolute Gasteiger partial charge is 0.129 e. The number of benzene rings is 1. The van der Waals surface area contributed by atoms with Gasteiger partial charge < -0.3 is 0 Å². The number of hydrogen-bond acceptors (Lipinski definition) is 2. The second kappa shape index (κ2) is 8.23. The van der Waals surface area contributed by atoms with Gasteiger partial charge in [-0.3, -0.25) is 11.3 Å². The SMILES string of the molecule is CCCC(CCC)C(Cc1c(F)cccc1F)NN. The summed E-state index contributed by atoms with van der Waals surface area (Å²) in [6, 6.07) is 3.88. The van der Waals surface area contributed by atoms with E-state index in [0.717, 1.165) is 25.7 Å². The Kier molecular flexibility index (Phi) is 6.95. The van der Waals surface area contributed by atoms with Gasteiger partial charge in [-0.1, -0.05) is 32.8 Å². The van der Waals surface area contributed by atoms with Crippen molar-refractivity contribution in [3.63, 3.8) is 0 Å². The number of rotatable bonds is 8. The van der Waals surface area contributed by atoms with Crippen LogP contribution < -0.4 is 11.3 Å². The second-order valence-electron chi connectivity index (χ2n) is 5.01. The zero-order valence-electron chi connectivity index (χ0n) is 11.8. The summed E-state index contributed by atoms with van der Waals surface area (Å²) in [6.45, 7) is 4.22. The molecule has 3 N–H and O–H groups in total. The standard InChI is InChI=1S/C15H24F2N2/c1-3-6-11(7-4-2)15(19-18)10-12-13(16)8-5-9-14(12)17/h5,8-9,11,15,19H,3-4,6-7,10,18H2,1-2H3. The summed E-state index contributed by atoms with van der Waals surface area (Å²) >= 11 is 0. The number of nitrogens with one attached hydrogen (secondary N) is 1. The van der Waals surface area contributed by atoms with Crippen molar-refractivity contribution in [2.45, 2.75) is 52.0 Å². The largest absolute Gasteiger partial charge is 0.271 e. The molecular weight excluding hydrogens is 246 g/mol. The number of halogens is 2. The van der Waals surface area contributed by atoms with Crippen molar-refractivity contribution in [1.29, 1.82) is 0 Å². The Bertz CT molecular complexity index is 356. The summed E-state index contributed by atoms with van der Waals surface area (Å²) in [5.41, 5.74) is 2.87. The first kappa shape index (κ1) is 16.1. The van der Waals surface area contributed by atoms with Gasteiger partial charge in [-0.15, -0.1) is 0 Å². The first-order chi connectivity index (χ1) is 9.13. The summed E-state index contributed by atoms with van der Waals surface area (Å²) in [7, 11) is 0. The number of hydrogen-bond donors (Lipinski definition) is 2. The molecule has 0 aliphatic heterocycles. The van der Waals surface area contributed by atoms with Crippen molar-refractivity contribution in [3.8, 4) is 0 Å². The molecule has 1 atom stereocenters. The molecule has 1 rings (SSSR count). The Morgan fingerprint density at radius 2 is 1.63 bits per heavy atom. The van der Waals surface area contributed by atoms with Crippen LogP contribution in [0.3, 0.4) is 0 Å². The fourth-order valence-corrected chi connectivity index (χ4v) is 2.60. The van der Waals surface area contributed by atoms with E-state index in [1.54, 1.807) is 0 Å². The van der Waals surface area contributed by atoms with Gasteiger partial charge in [-0.2, -0.15) is 0 Å². The van der Waals surface area contributed by atoms with E-state index < -0.39 is 11.6 Å². The Labute approximate surface area is 114 Å². The Balaban J connectivity index is 2.85. The minimum absolute atomic E-state index is 0.0914. The summed E-state index contributed by atoms with van der Waals surface area (Å²) in [4.78, 5) is 0. The first-order valence-electron chi connectivity index (χ1n) is 7.03. The van der Waals surface area contributed by atoms with Crippen LogP contribution in [0.4, 0.5) is 8.78 Å². The molecule has 0 heterocycles. The summed E-state index contributed by atoms with van der Waals surface area (Å²) < 4.78 is 27.3. The van der Waals surface area contributed by atoms with E-state index in [0.29, 0.717) is 12.3 Å². The molecule has 0 fully saturated rings. The topological polar surface area (TPSA) is 38.0 Å². The third-order valence-electron chi connectivity index (χ3n) is 3.59. The van der Waals surface area contributed by atoms with Crippen LogP contribution in [0.1, 0.15) is 45.1 Å². The molecule has 1 aromatic rings. The first-order valence-corrected chi connectivity index (χ1v) is 7.03. The van der Waals surface area contributed by atoms with Gasteiger partial charge in [-0.05, 0) is 37.3 Å². The lowest BCUT2D eigenvalue weighted by molar-refractivity contribution is 0.306. The molecule has 1 unspecified atom stereocenters. The van der Waals surface area contributed by atoms with E-state index in [9.17, 15) is 8.78 Å². The molecule has 4 heteroatoms. The third-order valence-corrected chi connectivity index (χ3v) is 3.59. The van der Waals surface area contributed by atoms with Crippen LogP contribution >= 0.6 is 0 Å². The van der Waals surface area contributed by atoms with Gasteiger partial charge in [0, 0.05) is 11.6 Å². The van der Waals surface area contributed by atoms with Crippen molar-refractivity contribution in [2.24, 2.45) is 11.8 Å². The Hall–Kier alpha value is -1.00. The minimum atomic E-state index is -0.494. The van der Waals surface area contributed by atoms with E-state index in [1.165, 1.54) is 18.2 Å². The fraction of sp³-hybridized carbons (Fsp3) is 0.600. The van der Waals surface area contributed by atoms with E-state index in [1.807, 2.05) is 0 Å². The lowest BCUT2D eigenvalue weighted by Gasteiger charge is -2.26. The molecule has 0 spiro atoms. The molecule has 0 radical (unpaired) electrons. The minimum Gasteiger partial charge on any atom is -0.271 e. The molecule has 0 amide bonds. The zero-order chi connectivity index (χ0) is 14.3. The van der Waals surface area contributed by atoms with Gasteiger partial charge in [0.2, 0.25) is 0 Å². The van der Waals surface area contributed by atoms with E-state index in [2.05, 4.69) is 19.3 Å². The van der Waals surface area contributed by atoms with E-state index >= 15 is 0 Å². The predicted molar refractivity (Wildman–Crippen MR) is 74.5 cm³/mol. The van der Waals surface area contributed by atoms with Gasteiger partial charge in [0.05, 0.1) is 0 Å². The Morgan fingerprint density at radius 1 is 1.11 bits per heavy atom. The van der Waals surface area contributed by atoms with Gasteiger partial charge in [-0.25, -0.2) is 8.78 Å². The zero-order valence-corrected chi connectivity index (χ0v) is 11.8. The quantitative estimate of drug-likeness (QED) is 0.560. The predicted octanol–water partition coefficient (Wildman–Crippen LogP) is 3.56. The molecule has 108 valence electrons. The average molecular weight is 270 g/mol. The maximum atomic E-state index is 13.7. The van der Waals surface area contributed by atoms with Crippen LogP contribution in [-0.4, -0.2) is 6.04 Å². The molecule has 19 heavy (non-hydrogen) atoms. The van der Waals surface area contributed by atoms with Crippen LogP contribution in [0.5, 0.6) is 0 Å². The molecular formula is C15H24F2N2. The van der Waals surface area contributed by atoms with Gasteiger partial charge in [0.15, 0.2) is 0 Å². The molecule has 1 aromatic carbocycles. The highest BCUT2D eigenvalue weighted by molar-refractivity contribution is 5.20. The molecule has 0 aliphatic rings. The maximum absolute atomic E-state index is 13.7.